The van der Waals surface area contributed by atoms with Crippen LogP contribution in [0.25, 0.3) is 5.70 Å². The van der Waals surface area contributed by atoms with Gasteiger partial charge in [-0.2, -0.15) is 0 Å². The van der Waals surface area contributed by atoms with Crippen molar-refractivity contribution in [2.75, 3.05) is 13.1 Å². The molecule has 1 unspecified atom stereocenters. The molecule has 6 nitrogen and oxygen atoms in total. The van der Waals surface area contributed by atoms with Crippen molar-refractivity contribution in [2.24, 2.45) is 11.7 Å². The molecule has 0 amide bonds. The highest BCUT2D eigenvalue weighted by atomic mass is 16.4. The Balaban J connectivity index is 1.92. The van der Waals surface area contributed by atoms with Gasteiger partial charge in [-0.3, -0.25) is 4.79 Å². The van der Waals surface area contributed by atoms with Gasteiger partial charge in [0.25, 0.3) is 0 Å². The van der Waals surface area contributed by atoms with E-state index in [0.29, 0.717) is 32.1 Å². The van der Waals surface area contributed by atoms with E-state index in [-0.39, 0.29) is 12.2 Å². The Labute approximate surface area is 155 Å². The largest absolute Gasteiger partial charge is 0.480 e. The molecule has 5 N–H and O–H groups in total. The summed E-state index contributed by atoms with van der Waals surface area (Å²) in [6.07, 6.45) is 3.11. The minimum atomic E-state index is -1.35. The highest BCUT2D eigenvalue weighted by molar-refractivity contribution is 6.40. The van der Waals surface area contributed by atoms with Gasteiger partial charge in [0.05, 0.1) is 0 Å². The lowest BCUT2D eigenvalue weighted by atomic mass is 9.74. The van der Waals surface area contributed by atoms with E-state index in [2.05, 4.69) is 11.5 Å². The predicted molar refractivity (Wildman–Crippen MR) is 103 cm³/mol. The standard InChI is InChI=1S/C19H29BN2O4/c1-15(16-7-3-2-4-8-16)22-13-9-17(10-14-22)19(21,18(23)24)11-5-6-12-20(25)26/h2-4,7-8,17,25-26H,1,5-6,9-14,21H2,(H,23,24). The van der Waals surface area contributed by atoms with E-state index in [1.165, 1.54) is 0 Å². The zero-order valence-electron chi connectivity index (χ0n) is 15.2. The van der Waals surface area contributed by atoms with Gasteiger partial charge in [0.15, 0.2) is 0 Å². The Kier molecular flexibility index (Phi) is 7.26. The molecular formula is C19H29BN2O4. The second-order valence-corrected chi connectivity index (χ2v) is 7.15. The number of carboxylic acids is 1. The maximum atomic E-state index is 11.8. The lowest BCUT2D eigenvalue weighted by molar-refractivity contribution is -0.146. The number of nitrogens with zero attached hydrogens (tertiary/aromatic N) is 1. The molecule has 1 heterocycles. The number of benzene rings is 1. The van der Waals surface area contributed by atoms with Crippen molar-refractivity contribution in [2.45, 2.75) is 44.0 Å². The average molecular weight is 360 g/mol. The molecule has 1 aromatic rings. The molecule has 0 spiro atoms. The minimum Gasteiger partial charge on any atom is -0.480 e. The van der Waals surface area contributed by atoms with Crippen molar-refractivity contribution in [3.05, 3.63) is 42.5 Å². The molecule has 0 radical (unpaired) electrons. The van der Waals surface area contributed by atoms with Gasteiger partial charge < -0.3 is 25.8 Å². The van der Waals surface area contributed by atoms with Gasteiger partial charge in [-0.05, 0) is 37.1 Å². The third kappa shape index (κ3) is 5.10. The van der Waals surface area contributed by atoms with Crippen LogP contribution in [0.2, 0.25) is 6.32 Å². The van der Waals surface area contributed by atoms with E-state index in [0.717, 1.165) is 24.4 Å². The van der Waals surface area contributed by atoms with E-state index >= 15 is 0 Å². The summed E-state index contributed by atoms with van der Waals surface area (Å²) in [5.74, 6) is -1.07. The zero-order valence-corrected chi connectivity index (χ0v) is 15.2. The van der Waals surface area contributed by atoms with Crippen LogP contribution in [-0.2, 0) is 4.79 Å². The van der Waals surface area contributed by atoms with Crippen LogP contribution in [0.15, 0.2) is 36.9 Å². The first-order valence-electron chi connectivity index (χ1n) is 9.22. The fraction of sp³-hybridized carbons (Fsp3) is 0.526. The van der Waals surface area contributed by atoms with Crippen LogP contribution in [0.4, 0.5) is 0 Å². The molecule has 26 heavy (non-hydrogen) atoms. The molecule has 1 saturated heterocycles. The number of hydrogen-bond donors (Lipinski definition) is 4. The quantitative estimate of drug-likeness (QED) is 0.395. The Bertz CT molecular complexity index is 603. The van der Waals surface area contributed by atoms with E-state index in [4.69, 9.17) is 15.8 Å². The topological polar surface area (TPSA) is 107 Å². The number of nitrogens with two attached hydrogens (primary N) is 1. The Hall–Kier alpha value is -1.83. The fourth-order valence-corrected chi connectivity index (χ4v) is 3.71. The summed E-state index contributed by atoms with van der Waals surface area (Å²) in [6.45, 7) is 5.65. The number of unbranched alkanes of at least 4 members (excludes halogenated alkanes) is 1. The number of rotatable bonds is 9. The number of hydrogen-bond acceptors (Lipinski definition) is 5. The molecule has 7 heteroatoms. The van der Waals surface area contributed by atoms with Gasteiger partial charge in [-0.25, -0.2) is 0 Å². The summed E-state index contributed by atoms with van der Waals surface area (Å²) in [7, 11) is -1.35. The van der Waals surface area contributed by atoms with E-state index in [1.807, 2.05) is 30.3 Å². The monoisotopic (exact) mass is 360 g/mol. The van der Waals surface area contributed by atoms with Crippen LogP contribution in [0.5, 0.6) is 0 Å². The van der Waals surface area contributed by atoms with Crippen molar-refractivity contribution >= 4 is 18.8 Å². The molecule has 1 aromatic carbocycles. The number of carbonyl (C=O) groups is 1. The first kappa shape index (κ1) is 20.5. The fourth-order valence-electron chi connectivity index (χ4n) is 3.71. The third-order valence-corrected chi connectivity index (χ3v) is 5.41. The second kappa shape index (κ2) is 9.21. The lowest BCUT2D eigenvalue weighted by Crippen LogP contribution is -2.56. The van der Waals surface area contributed by atoms with E-state index < -0.39 is 18.6 Å². The molecule has 0 bridgehead atoms. The minimum absolute atomic E-state index is 0.0983. The number of carboxylic acid groups (broad SMARTS) is 1. The van der Waals surface area contributed by atoms with Crippen LogP contribution in [0.3, 0.4) is 0 Å². The van der Waals surface area contributed by atoms with Crippen LogP contribution in [0, 0.1) is 5.92 Å². The maximum Gasteiger partial charge on any atom is 0.451 e. The number of likely N-dealkylation sites (tertiary alicyclic amines) is 1. The molecule has 142 valence electrons. The summed E-state index contributed by atoms with van der Waals surface area (Å²) >= 11 is 0. The van der Waals surface area contributed by atoms with Crippen LogP contribution in [0.1, 0.15) is 37.7 Å². The third-order valence-electron chi connectivity index (χ3n) is 5.41. The van der Waals surface area contributed by atoms with Gasteiger partial charge in [0.1, 0.15) is 5.54 Å². The van der Waals surface area contributed by atoms with Crippen LogP contribution in [-0.4, -0.2) is 51.8 Å². The number of aliphatic carboxylic acids is 1. The summed E-state index contributed by atoms with van der Waals surface area (Å²) in [5, 5.41) is 27.5. The SMILES string of the molecule is C=C(c1ccccc1)N1CCC(C(N)(CCCCB(O)O)C(=O)O)CC1. The Morgan fingerprint density at radius 1 is 1.23 bits per heavy atom. The van der Waals surface area contributed by atoms with Crippen molar-refractivity contribution in [1.29, 1.82) is 0 Å². The van der Waals surface area contributed by atoms with Gasteiger partial charge in [-0.15, -0.1) is 0 Å². The summed E-state index contributed by atoms with van der Waals surface area (Å²) in [5.41, 5.74) is 7.07. The van der Waals surface area contributed by atoms with Gasteiger partial charge in [-0.1, -0.05) is 49.8 Å². The highest BCUT2D eigenvalue weighted by Crippen LogP contribution is 2.33. The maximum absolute atomic E-state index is 11.8. The van der Waals surface area contributed by atoms with Gasteiger partial charge >= 0.3 is 13.1 Å². The van der Waals surface area contributed by atoms with E-state index in [9.17, 15) is 9.90 Å². The van der Waals surface area contributed by atoms with Crippen molar-refractivity contribution in [3.8, 4) is 0 Å². The van der Waals surface area contributed by atoms with Gasteiger partial charge in [0.2, 0.25) is 0 Å². The average Bonchev–Trinajstić information content (AvgIpc) is 2.65. The number of piperidine rings is 1. The van der Waals surface area contributed by atoms with Crippen LogP contribution < -0.4 is 5.73 Å². The lowest BCUT2D eigenvalue weighted by Gasteiger charge is -2.41. The molecule has 1 atom stereocenters. The van der Waals surface area contributed by atoms with Crippen LogP contribution >= 0.6 is 0 Å². The molecule has 0 saturated carbocycles. The molecule has 1 fully saturated rings. The summed E-state index contributed by atoms with van der Waals surface area (Å²) in [4.78, 5) is 14.0. The van der Waals surface area contributed by atoms with Crippen molar-refractivity contribution in [1.82, 2.24) is 4.90 Å². The summed E-state index contributed by atoms with van der Waals surface area (Å²) < 4.78 is 0. The smallest absolute Gasteiger partial charge is 0.451 e. The second-order valence-electron chi connectivity index (χ2n) is 7.15. The van der Waals surface area contributed by atoms with Crippen molar-refractivity contribution < 1.29 is 19.9 Å². The van der Waals surface area contributed by atoms with Crippen molar-refractivity contribution in [3.63, 3.8) is 0 Å². The molecule has 0 aromatic heterocycles. The first-order chi connectivity index (χ1) is 12.3. The molecular weight excluding hydrogens is 331 g/mol. The molecule has 0 aliphatic carbocycles. The Morgan fingerprint density at radius 2 is 1.85 bits per heavy atom. The highest BCUT2D eigenvalue weighted by Gasteiger charge is 2.43. The normalized spacial score (nSPS) is 17.6. The predicted octanol–water partition coefficient (Wildman–Crippen LogP) is 1.79. The Morgan fingerprint density at radius 3 is 2.38 bits per heavy atom. The van der Waals surface area contributed by atoms with E-state index in [1.54, 1.807) is 0 Å². The van der Waals surface area contributed by atoms with Gasteiger partial charge in [0, 0.05) is 18.8 Å². The zero-order chi connectivity index (χ0) is 19.2. The summed E-state index contributed by atoms with van der Waals surface area (Å²) in [6, 6.07) is 9.97. The molecule has 1 aliphatic rings. The first-order valence-corrected chi connectivity index (χ1v) is 9.22. The molecule has 2 rings (SSSR count). The molecule has 1 aliphatic heterocycles.